The highest BCUT2D eigenvalue weighted by Gasteiger charge is 2.09. The Kier molecular flexibility index (Phi) is 5.98. The van der Waals surface area contributed by atoms with Crippen LogP contribution >= 0.6 is 0 Å². The van der Waals surface area contributed by atoms with Crippen LogP contribution in [0.25, 0.3) is 11.3 Å². The van der Waals surface area contributed by atoms with Gasteiger partial charge in [0.2, 0.25) is 5.88 Å². The number of carbonyl (C=O) groups excluding carboxylic acids is 1. The molecule has 0 saturated heterocycles. The summed E-state index contributed by atoms with van der Waals surface area (Å²) in [6, 6.07) is 22.6. The van der Waals surface area contributed by atoms with Gasteiger partial charge in [-0.05, 0) is 42.8 Å². The number of nitrogens with one attached hydrogen (secondary N) is 1. The average molecular weight is 413 g/mol. The minimum Gasteiger partial charge on any atom is -0.439 e. The summed E-state index contributed by atoms with van der Waals surface area (Å²) >= 11 is 0. The third kappa shape index (κ3) is 5.30. The lowest BCUT2D eigenvalue weighted by Gasteiger charge is -2.09. The fourth-order valence-electron chi connectivity index (χ4n) is 3.13. The fourth-order valence-corrected chi connectivity index (χ4v) is 3.13. The van der Waals surface area contributed by atoms with Crippen molar-refractivity contribution in [3.05, 3.63) is 108 Å². The molecule has 0 saturated carbocycles. The van der Waals surface area contributed by atoms with Gasteiger partial charge < -0.3 is 10.1 Å². The molecule has 3 aromatic carbocycles. The zero-order valence-electron chi connectivity index (χ0n) is 16.9. The average Bonchev–Trinajstić information content (AvgIpc) is 2.78. The molecule has 1 heterocycles. The van der Waals surface area contributed by atoms with Crippen LogP contribution in [0.3, 0.4) is 0 Å². The van der Waals surface area contributed by atoms with Gasteiger partial charge in [0.1, 0.15) is 17.9 Å². The monoisotopic (exact) mass is 413 g/mol. The van der Waals surface area contributed by atoms with Crippen LogP contribution in [0.1, 0.15) is 21.5 Å². The molecule has 4 aromatic rings. The number of ether oxygens (including phenoxy) is 1. The van der Waals surface area contributed by atoms with Crippen molar-refractivity contribution < 1.29 is 13.9 Å². The van der Waals surface area contributed by atoms with Crippen molar-refractivity contribution in [2.75, 3.05) is 0 Å². The molecule has 1 amide bonds. The second-order valence-electron chi connectivity index (χ2n) is 7.05. The molecule has 6 heteroatoms. The number of benzene rings is 3. The molecule has 0 radical (unpaired) electrons. The maximum Gasteiger partial charge on any atom is 0.251 e. The Labute approximate surface area is 179 Å². The molecule has 0 bridgehead atoms. The molecule has 0 aliphatic heterocycles. The van der Waals surface area contributed by atoms with Crippen molar-refractivity contribution >= 4 is 5.91 Å². The summed E-state index contributed by atoms with van der Waals surface area (Å²) in [7, 11) is 0. The van der Waals surface area contributed by atoms with Crippen molar-refractivity contribution in [3.63, 3.8) is 0 Å². The smallest absolute Gasteiger partial charge is 0.251 e. The summed E-state index contributed by atoms with van der Waals surface area (Å²) < 4.78 is 19.3. The van der Waals surface area contributed by atoms with E-state index in [9.17, 15) is 9.18 Å². The van der Waals surface area contributed by atoms with Crippen molar-refractivity contribution in [2.24, 2.45) is 0 Å². The van der Waals surface area contributed by atoms with E-state index >= 15 is 0 Å². The van der Waals surface area contributed by atoms with E-state index in [-0.39, 0.29) is 11.7 Å². The number of nitrogens with zero attached hydrogens (tertiary/aromatic N) is 2. The Morgan fingerprint density at radius 3 is 2.65 bits per heavy atom. The molecule has 4 rings (SSSR count). The normalized spacial score (nSPS) is 10.5. The zero-order valence-corrected chi connectivity index (χ0v) is 16.9. The molecule has 31 heavy (non-hydrogen) atoms. The number of hydrogen-bond donors (Lipinski definition) is 1. The fraction of sp³-hybridized carbons (Fsp3) is 0.0800. The van der Waals surface area contributed by atoms with Crippen LogP contribution in [0.2, 0.25) is 0 Å². The lowest BCUT2D eigenvalue weighted by atomic mass is 10.1. The lowest BCUT2D eigenvalue weighted by molar-refractivity contribution is 0.0950. The first-order chi connectivity index (χ1) is 15.1. The molecule has 5 nitrogen and oxygen atoms in total. The predicted molar refractivity (Wildman–Crippen MR) is 116 cm³/mol. The largest absolute Gasteiger partial charge is 0.439 e. The van der Waals surface area contributed by atoms with E-state index < -0.39 is 0 Å². The number of carbonyl (C=O) groups is 1. The SMILES string of the molecule is Cc1cccc(CNC(=O)c2cccc(Oc3cc(-c4cccc(F)c4)ncn3)c2)c1. The van der Waals surface area contributed by atoms with Crippen molar-refractivity contribution in [1.29, 1.82) is 0 Å². The molecule has 0 aliphatic rings. The number of amides is 1. The third-order valence-corrected chi connectivity index (χ3v) is 4.62. The molecule has 1 N–H and O–H groups in total. The van der Waals surface area contributed by atoms with E-state index in [1.807, 2.05) is 31.2 Å². The highest BCUT2D eigenvalue weighted by molar-refractivity contribution is 5.94. The highest BCUT2D eigenvalue weighted by Crippen LogP contribution is 2.25. The molecule has 0 aliphatic carbocycles. The maximum absolute atomic E-state index is 13.5. The Hall–Kier alpha value is -4.06. The van der Waals surface area contributed by atoms with E-state index in [0.29, 0.717) is 35.0 Å². The zero-order chi connectivity index (χ0) is 21.6. The second-order valence-corrected chi connectivity index (χ2v) is 7.05. The second kappa shape index (κ2) is 9.17. The third-order valence-electron chi connectivity index (χ3n) is 4.62. The first kappa shape index (κ1) is 20.2. The van der Waals surface area contributed by atoms with Crippen molar-refractivity contribution in [2.45, 2.75) is 13.5 Å². The summed E-state index contributed by atoms with van der Waals surface area (Å²) in [5, 5.41) is 2.91. The molecular weight excluding hydrogens is 393 g/mol. The van der Waals surface area contributed by atoms with E-state index in [1.165, 1.54) is 18.5 Å². The van der Waals surface area contributed by atoms with Crippen LogP contribution < -0.4 is 10.1 Å². The van der Waals surface area contributed by atoms with E-state index in [4.69, 9.17) is 4.74 Å². The molecule has 1 aromatic heterocycles. The summed E-state index contributed by atoms with van der Waals surface area (Å²) in [5.41, 5.74) is 3.81. The molecular formula is C25H20FN3O2. The van der Waals surface area contributed by atoms with Gasteiger partial charge in [-0.2, -0.15) is 0 Å². The van der Waals surface area contributed by atoms with Crippen LogP contribution in [-0.2, 0) is 6.54 Å². The lowest BCUT2D eigenvalue weighted by Crippen LogP contribution is -2.22. The van der Waals surface area contributed by atoms with Gasteiger partial charge in [0, 0.05) is 23.7 Å². The summed E-state index contributed by atoms with van der Waals surface area (Å²) in [4.78, 5) is 20.8. The highest BCUT2D eigenvalue weighted by atomic mass is 19.1. The first-order valence-electron chi connectivity index (χ1n) is 9.76. The van der Waals surface area contributed by atoms with Crippen LogP contribution in [0, 0.1) is 12.7 Å². The van der Waals surface area contributed by atoms with Gasteiger partial charge in [-0.1, -0.05) is 48.0 Å². The summed E-state index contributed by atoms with van der Waals surface area (Å²) in [6.07, 6.45) is 1.36. The minimum absolute atomic E-state index is 0.199. The topological polar surface area (TPSA) is 64.1 Å². The van der Waals surface area contributed by atoms with Gasteiger partial charge in [-0.15, -0.1) is 0 Å². The van der Waals surface area contributed by atoms with Crippen LogP contribution in [0.4, 0.5) is 4.39 Å². The quantitative estimate of drug-likeness (QED) is 0.465. The molecule has 154 valence electrons. The number of rotatable bonds is 6. The van der Waals surface area contributed by atoms with Crippen LogP contribution in [0.5, 0.6) is 11.6 Å². The van der Waals surface area contributed by atoms with Crippen LogP contribution in [-0.4, -0.2) is 15.9 Å². The summed E-state index contributed by atoms with van der Waals surface area (Å²) in [6.45, 7) is 2.45. The minimum atomic E-state index is -0.344. The van der Waals surface area contributed by atoms with Crippen molar-refractivity contribution in [3.8, 4) is 22.9 Å². The Morgan fingerprint density at radius 2 is 1.81 bits per heavy atom. The van der Waals surface area contributed by atoms with Gasteiger partial charge in [0.25, 0.3) is 5.91 Å². The van der Waals surface area contributed by atoms with E-state index in [1.54, 1.807) is 42.5 Å². The number of halogens is 1. The van der Waals surface area contributed by atoms with Gasteiger partial charge >= 0.3 is 0 Å². The van der Waals surface area contributed by atoms with Gasteiger partial charge in [-0.25, -0.2) is 14.4 Å². The number of hydrogen-bond acceptors (Lipinski definition) is 4. The van der Waals surface area contributed by atoms with E-state index in [0.717, 1.165) is 11.1 Å². The standard InChI is InChI=1S/C25H20FN3O2/c1-17-5-2-6-18(11-17)15-27-25(30)20-8-4-10-22(13-20)31-24-14-23(28-16-29-24)19-7-3-9-21(26)12-19/h2-14,16H,15H2,1H3,(H,27,30). The van der Waals surface area contributed by atoms with E-state index in [2.05, 4.69) is 15.3 Å². The maximum atomic E-state index is 13.5. The Morgan fingerprint density at radius 1 is 0.968 bits per heavy atom. The van der Waals surface area contributed by atoms with Gasteiger partial charge in [0.15, 0.2) is 0 Å². The van der Waals surface area contributed by atoms with Crippen molar-refractivity contribution in [1.82, 2.24) is 15.3 Å². The molecule has 0 fully saturated rings. The first-order valence-corrected chi connectivity index (χ1v) is 9.76. The molecule has 0 unspecified atom stereocenters. The summed E-state index contributed by atoms with van der Waals surface area (Å²) in [5.74, 6) is 0.219. The predicted octanol–water partition coefficient (Wildman–Crippen LogP) is 5.31. The van der Waals surface area contributed by atoms with Gasteiger partial charge in [0.05, 0.1) is 5.69 Å². The molecule has 0 spiro atoms. The number of aryl methyl sites for hydroxylation is 1. The molecule has 0 atom stereocenters. The Balaban J connectivity index is 1.46. The van der Waals surface area contributed by atoms with Crippen LogP contribution in [0.15, 0.2) is 85.2 Å². The number of aromatic nitrogens is 2. The Bertz CT molecular complexity index is 1230. The van der Waals surface area contributed by atoms with Gasteiger partial charge in [-0.3, -0.25) is 4.79 Å².